The van der Waals surface area contributed by atoms with Crippen LogP contribution < -0.4 is 10.7 Å². The Balaban J connectivity index is 1.58. The Morgan fingerprint density at radius 1 is 0.970 bits per heavy atom. The minimum atomic E-state index is -4.48. The molecule has 0 fully saturated rings. The molecular formula is C23H16F5N3OS. The van der Waals surface area contributed by atoms with E-state index in [0.717, 1.165) is 29.8 Å². The number of carbonyl (C=O) groups is 1. The highest BCUT2D eigenvalue weighted by atomic mass is 32.2. The van der Waals surface area contributed by atoms with E-state index in [-0.39, 0.29) is 11.6 Å². The van der Waals surface area contributed by atoms with Crippen LogP contribution in [0.2, 0.25) is 0 Å². The molecule has 1 aliphatic rings. The van der Waals surface area contributed by atoms with Crippen LogP contribution in [-0.4, -0.2) is 17.5 Å². The summed E-state index contributed by atoms with van der Waals surface area (Å²) in [5.41, 5.74) is 3.25. The normalized spacial score (nSPS) is 16.9. The summed E-state index contributed by atoms with van der Waals surface area (Å²) in [6.45, 7) is 0. The smallest absolute Gasteiger partial charge is 0.307 e. The number of urea groups is 1. The first-order chi connectivity index (χ1) is 15.7. The summed E-state index contributed by atoms with van der Waals surface area (Å²) in [4.78, 5) is 12.7. The van der Waals surface area contributed by atoms with Gasteiger partial charge in [-0.2, -0.15) is 18.3 Å². The lowest BCUT2D eigenvalue weighted by molar-refractivity contribution is -0.137. The second-order valence-corrected chi connectivity index (χ2v) is 8.20. The molecule has 4 nitrogen and oxygen atoms in total. The standard InChI is InChI=1S/C23H16F5N3OS/c24-15-8-4-13(5-9-15)18-12-33-21-17(2-1-3-19(21)25)20(18)30-31-22(32)29-16-10-6-14(7-11-16)23(26,27)28/h1-11,18H,12H2,(H2,29,31,32). The van der Waals surface area contributed by atoms with E-state index in [0.29, 0.717) is 21.9 Å². The summed E-state index contributed by atoms with van der Waals surface area (Å²) in [5, 5.41) is 6.60. The zero-order valence-corrected chi connectivity index (χ0v) is 17.6. The maximum absolute atomic E-state index is 14.3. The van der Waals surface area contributed by atoms with Gasteiger partial charge in [-0.1, -0.05) is 24.3 Å². The average Bonchev–Trinajstić information content (AvgIpc) is 2.78. The zero-order valence-electron chi connectivity index (χ0n) is 16.8. The fourth-order valence-electron chi connectivity index (χ4n) is 3.39. The molecule has 0 radical (unpaired) electrons. The molecule has 3 aromatic carbocycles. The van der Waals surface area contributed by atoms with Crippen LogP contribution in [0.1, 0.15) is 22.6 Å². The second-order valence-electron chi connectivity index (χ2n) is 7.17. The van der Waals surface area contributed by atoms with E-state index in [1.165, 1.54) is 36.0 Å². The molecule has 170 valence electrons. The van der Waals surface area contributed by atoms with Crippen LogP contribution in [0.3, 0.4) is 0 Å². The molecule has 2 N–H and O–H groups in total. The Labute approximate surface area is 189 Å². The molecule has 0 aromatic heterocycles. The summed E-state index contributed by atoms with van der Waals surface area (Å²) < 4.78 is 65.8. The van der Waals surface area contributed by atoms with Crippen LogP contribution in [0.5, 0.6) is 0 Å². The Morgan fingerprint density at radius 2 is 1.67 bits per heavy atom. The third-order valence-corrected chi connectivity index (χ3v) is 6.19. The predicted molar refractivity (Wildman–Crippen MR) is 116 cm³/mol. The van der Waals surface area contributed by atoms with Gasteiger partial charge in [-0.15, -0.1) is 11.8 Å². The number of anilines is 1. The number of nitrogens with one attached hydrogen (secondary N) is 2. The van der Waals surface area contributed by atoms with Gasteiger partial charge in [0.1, 0.15) is 11.6 Å². The van der Waals surface area contributed by atoms with Gasteiger partial charge in [0.15, 0.2) is 0 Å². The van der Waals surface area contributed by atoms with Gasteiger partial charge < -0.3 is 5.32 Å². The number of benzene rings is 3. The molecule has 0 bridgehead atoms. The molecule has 33 heavy (non-hydrogen) atoms. The number of hydrogen-bond acceptors (Lipinski definition) is 3. The van der Waals surface area contributed by atoms with Crippen molar-refractivity contribution in [3.8, 4) is 0 Å². The first kappa shape index (κ1) is 22.8. The van der Waals surface area contributed by atoms with Gasteiger partial charge >= 0.3 is 12.2 Å². The number of alkyl halides is 3. The van der Waals surface area contributed by atoms with Crippen LogP contribution in [-0.2, 0) is 6.18 Å². The molecule has 2 amide bonds. The minimum Gasteiger partial charge on any atom is -0.307 e. The van der Waals surface area contributed by atoms with Crippen molar-refractivity contribution in [2.24, 2.45) is 5.10 Å². The molecule has 1 atom stereocenters. The molecule has 3 aromatic rings. The van der Waals surface area contributed by atoms with Gasteiger partial charge in [-0.05, 0) is 48.0 Å². The number of carbonyl (C=O) groups excluding carboxylic acids is 1. The average molecular weight is 477 g/mol. The number of hydrogen-bond donors (Lipinski definition) is 2. The molecule has 0 saturated carbocycles. The van der Waals surface area contributed by atoms with E-state index in [1.807, 2.05) is 0 Å². The van der Waals surface area contributed by atoms with Gasteiger partial charge in [0.2, 0.25) is 0 Å². The number of amides is 2. The number of hydrazone groups is 1. The fourth-order valence-corrected chi connectivity index (χ4v) is 4.61. The number of rotatable bonds is 3. The summed E-state index contributed by atoms with van der Waals surface area (Å²) in [6, 6.07) is 13.5. The molecule has 0 aliphatic carbocycles. The lowest BCUT2D eigenvalue weighted by Crippen LogP contribution is -2.29. The van der Waals surface area contributed by atoms with Crippen LogP contribution >= 0.6 is 11.8 Å². The molecule has 0 spiro atoms. The quantitative estimate of drug-likeness (QED) is 0.339. The monoisotopic (exact) mass is 477 g/mol. The molecule has 1 unspecified atom stereocenters. The largest absolute Gasteiger partial charge is 0.416 e. The first-order valence-electron chi connectivity index (χ1n) is 9.71. The SMILES string of the molecule is O=C(NN=C1c2cccc(F)c2SCC1c1ccc(F)cc1)Nc1ccc(C(F)(F)F)cc1. The third kappa shape index (κ3) is 5.16. The van der Waals surface area contributed by atoms with E-state index in [2.05, 4.69) is 15.8 Å². The van der Waals surface area contributed by atoms with Gasteiger partial charge in [0, 0.05) is 22.9 Å². The molecule has 4 rings (SSSR count). The van der Waals surface area contributed by atoms with Crippen molar-refractivity contribution < 1.29 is 26.7 Å². The van der Waals surface area contributed by atoms with Crippen molar-refractivity contribution in [2.75, 3.05) is 11.1 Å². The highest BCUT2D eigenvalue weighted by Gasteiger charge is 2.31. The van der Waals surface area contributed by atoms with Crippen molar-refractivity contribution >= 4 is 29.2 Å². The number of halogens is 5. The number of nitrogens with zero attached hydrogens (tertiary/aromatic N) is 1. The summed E-state index contributed by atoms with van der Waals surface area (Å²) >= 11 is 1.30. The van der Waals surface area contributed by atoms with Crippen LogP contribution in [0.15, 0.2) is 76.7 Å². The Kier molecular flexibility index (Phi) is 6.37. The van der Waals surface area contributed by atoms with E-state index in [9.17, 15) is 26.7 Å². The highest BCUT2D eigenvalue weighted by Crippen LogP contribution is 2.39. The number of thioether (sulfide) groups is 1. The van der Waals surface area contributed by atoms with Crippen LogP contribution in [0.4, 0.5) is 32.4 Å². The van der Waals surface area contributed by atoms with Crippen molar-refractivity contribution in [1.82, 2.24) is 5.43 Å². The fraction of sp³-hybridized carbons (Fsp3) is 0.130. The predicted octanol–water partition coefficient (Wildman–Crippen LogP) is 6.40. The highest BCUT2D eigenvalue weighted by molar-refractivity contribution is 7.99. The molecule has 0 saturated heterocycles. The summed E-state index contributed by atoms with van der Waals surface area (Å²) in [7, 11) is 0. The minimum absolute atomic E-state index is 0.140. The van der Waals surface area contributed by atoms with Crippen LogP contribution in [0.25, 0.3) is 0 Å². The Hall–Kier alpha value is -3.40. The second kappa shape index (κ2) is 9.22. The van der Waals surface area contributed by atoms with Gasteiger partial charge in [0.25, 0.3) is 0 Å². The maximum atomic E-state index is 14.3. The van der Waals surface area contributed by atoms with Gasteiger partial charge in [0.05, 0.1) is 16.2 Å². The lowest BCUT2D eigenvalue weighted by Gasteiger charge is -2.26. The summed E-state index contributed by atoms with van der Waals surface area (Å²) in [5.74, 6) is -0.755. The van der Waals surface area contributed by atoms with E-state index >= 15 is 0 Å². The van der Waals surface area contributed by atoms with E-state index in [4.69, 9.17) is 0 Å². The lowest BCUT2D eigenvalue weighted by atomic mass is 9.90. The molecule has 10 heteroatoms. The Bertz CT molecular complexity index is 1190. The molecule has 1 aliphatic heterocycles. The van der Waals surface area contributed by atoms with Gasteiger partial charge in [-0.3, -0.25) is 0 Å². The topological polar surface area (TPSA) is 53.5 Å². The van der Waals surface area contributed by atoms with Crippen molar-refractivity contribution in [2.45, 2.75) is 17.0 Å². The van der Waals surface area contributed by atoms with Crippen LogP contribution in [0, 0.1) is 11.6 Å². The van der Waals surface area contributed by atoms with E-state index in [1.54, 1.807) is 18.2 Å². The van der Waals surface area contributed by atoms with Crippen molar-refractivity contribution in [1.29, 1.82) is 0 Å². The summed E-state index contributed by atoms with van der Waals surface area (Å²) in [6.07, 6.45) is -4.48. The molecule has 1 heterocycles. The van der Waals surface area contributed by atoms with Gasteiger partial charge in [-0.25, -0.2) is 19.0 Å². The van der Waals surface area contributed by atoms with Crippen molar-refractivity contribution in [3.05, 3.63) is 95.1 Å². The maximum Gasteiger partial charge on any atom is 0.416 e. The van der Waals surface area contributed by atoms with Crippen molar-refractivity contribution in [3.63, 3.8) is 0 Å². The first-order valence-corrected chi connectivity index (χ1v) is 10.7. The zero-order chi connectivity index (χ0) is 23.6. The third-order valence-electron chi connectivity index (χ3n) is 4.99. The molecular weight excluding hydrogens is 461 g/mol. The van der Waals surface area contributed by atoms with E-state index < -0.39 is 29.4 Å². The Morgan fingerprint density at radius 3 is 2.33 bits per heavy atom. The number of fused-ring (bicyclic) bond motifs is 1.